The highest BCUT2D eigenvalue weighted by Gasteiger charge is 2.44. The molecule has 0 aromatic heterocycles. The highest BCUT2D eigenvalue weighted by atomic mass is 19.1. The van der Waals surface area contributed by atoms with Gasteiger partial charge in [0, 0.05) is 31.6 Å². The van der Waals surface area contributed by atoms with Crippen molar-refractivity contribution < 1.29 is 23.4 Å². The highest BCUT2D eigenvalue weighted by molar-refractivity contribution is 5.89. The predicted octanol–water partition coefficient (Wildman–Crippen LogP) is 4.41. The van der Waals surface area contributed by atoms with E-state index < -0.39 is 5.79 Å². The van der Waals surface area contributed by atoms with Crippen molar-refractivity contribution in [3.63, 3.8) is 0 Å². The zero-order chi connectivity index (χ0) is 19.6. The Hall–Kier alpha value is -2.96. The minimum Gasteiger partial charge on any atom is -0.492 e. The van der Waals surface area contributed by atoms with Crippen LogP contribution in [-0.2, 0) is 0 Å². The lowest BCUT2D eigenvalue weighted by atomic mass is 10.2. The Morgan fingerprint density at radius 1 is 1.14 bits per heavy atom. The summed E-state index contributed by atoms with van der Waals surface area (Å²) in [6, 6.07) is 11.0. The molecular weight excluding hydrogens is 363 g/mol. The van der Waals surface area contributed by atoms with Gasteiger partial charge in [-0.05, 0) is 49.2 Å². The summed E-state index contributed by atoms with van der Waals surface area (Å²) < 4.78 is 30.4. The van der Waals surface area contributed by atoms with Crippen molar-refractivity contribution in [2.45, 2.75) is 31.5 Å². The van der Waals surface area contributed by atoms with Gasteiger partial charge in [0.1, 0.15) is 18.2 Å². The number of halogens is 1. The second kappa shape index (κ2) is 7.58. The lowest BCUT2D eigenvalue weighted by Gasteiger charge is -2.21. The molecule has 0 atom stereocenters. The summed E-state index contributed by atoms with van der Waals surface area (Å²) in [4.78, 5) is 13.9. The van der Waals surface area contributed by atoms with Crippen molar-refractivity contribution in [3.8, 4) is 17.2 Å². The maximum atomic E-state index is 12.9. The maximum Gasteiger partial charge on any atom is 0.321 e. The Balaban J connectivity index is 1.28. The molecule has 2 aliphatic rings. The minimum atomic E-state index is -0.514. The summed E-state index contributed by atoms with van der Waals surface area (Å²) >= 11 is 0. The second-order valence-corrected chi connectivity index (χ2v) is 7.14. The van der Waals surface area contributed by atoms with Gasteiger partial charge in [-0.15, -0.1) is 0 Å². The molecule has 1 heterocycles. The monoisotopic (exact) mass is 386 g/mol. The number of carbonyl (C=O) groups excluding carboxylic acids is 1. The minimum absolute atomic E-state index is 0.253. The molecule has 2 aromatic rings. The summed E-state index contributed by atoms with van der Waals surface area (Å²) in [6.45, 7) is 0.691. The average Bonchev–Trinajstić information content (AvgIpc) is 3.28. The molecular formula is C21H23FN2O4. The third-order valence-electron chi connectivity index (χ3n) is 5.01. The molecule has 0 unspecified atom stereocenters. The first-order valence-corrected chi connectivity index (χ1v) is 9.46. The van der Waals surface area contributed by atoms with Crippen molar-refractivity contribution in [1.82, 2.24) is 4.90 Å². The van der Waals surface area contributed by atoms with Crippen molar-refractivity contribution in [2.75, 3.05) is 25.5 Å². The smallest absolute Gasteiger partial charge is 0.321 e. The number of benzene rings is 2. The van der Waals surface area contributed by atoms with Crippen molar-refractivity contribution >= 4 is 11.7 Å². The zero-order valence-corrected chi connectivity index (χ0v) is 15.7. The number of hydrogen-bond acceptors (Lipinski definition) is 4. The van der Waals surface area contributed by atoms with Gasteiger partial charge in [-0.1, -0.05) is 0 Å². The number of nitrogens with one attached hydrogen (secondary N) is 1. The molecule has 0 radical (unpaired) electrons. The molecule has 2 amide bonds. The molecule has 0 bridgehead atoms. The van der Waals surface area contributed by atoms with Crippen LogP contribution in [0.4, 0.5) is 14.9 Å². The van der Waals surface area contributed by atoms with Crippen LogP contribution in [0.3, 0.4) is 0 Å². The lowest BCUT2D eigenvalue weighted by molar-refractivity contribution is -0.0716. The average molecular weight is 386 g/mol. The summed E-state index contributed by atoms with van der Waals surface area (Å²) in [7, 11) is 1.68. The van der Waals surface area contributed by atoms with E-state index in [9.17, 15) is 9.18 Å². The van der Waals surface area contributed by atoms with E-state index >= 15 is 0 Å². The number of nitrogens with zero attached hydrogens (tertiary/aromatic N) is 1. The van der Waals surface area contributed by atoms with Gasteiger partial charge in [0.05, 0.1) is 6.54 Å². The first-order valence-electron chi connectivity index (χ1n) is 9.46. The Kier molecular flexibility index (Phi) is 4.98. The quantitative estimate of drug-likeness (QED) is 0.827. The van der Waals surface area contributed by atoms with Crippen molar-refractivity contribution in [3.05, 3.63) is 48.3 Å². The van der Waals surface area contributed by atoms with Crippen LogP contribution in [0.25, 0.3) is 0 Å². The number of ether oxygens (including phenoxy) is 3. The number of hydrogen-bond donors (Lipinski definition) is 1. The Bertz CT molecular complexity index is 850. The molecule has 28 heavy (non-hydrogen) atoms. The number of urea groups is 1. The first-order chi connectivity index (χ1) is 13.5. The van der Waals surface area contributed by atoms with E-state index in [0.717, 1.165) is 31.4 Å². The molecule has 1 aliphatic heterocycles. The van der Waals surface area contributed by atoms with Crippen LogP contribution in [0.2, 0.25) is 0 Å². The maximum absolute atomic E-state index is 12.9. The van der Waals surface area contributed by atoms with Gasteiger partial charge < -0.3 is 24.4 Å². The molecule has 148 valence electrons. The van der Waals surface area contributed by atoms with E-state index in [-0.39, 0.29) is 11.8 Å². The SMILES string of the molecule is CN(CCOc1ccc(F)cc1)C(=O)Nc1ccc2c(c1)OC1(CCCC1)O2. The van der Waals surface area contributed by atoms with Gasteiger partial charge in [-0.3, -0.25) is 0 Å². The Morgan fingerprint density at radius 2 is 1.86 bits per heavy atom. The van der Waals surface area contributed by atoms with Gasteiger partial charge >= 0.3 is 6.03 Å². The molecule has 4 rings (SSSR count). The van der Waals surface area contributed by atoms with Crippen LogP contribution in [0.5, 0.6) is 17.2 Å². The van der Waals surface area contributed by atoms with E-state index in [4.69, 9.17) is 14.2 Å². The lowest BCUT2D eigenvalue weighted by Crippen LogP contribution is -2.34. The van der Waals surface area contributed by atoms with Crippen LogP contribution in [-0.4, -0.2) is 36.9 Å². The fraction of sp³-hybridized carbons (Fsp3) is 0.381. The van der Waals surface area contributed by atoms with Gasteiger partial charge in [0.2, 0.25) is 0 Å². The zero-order valence-electron chi connectivity index (χ0n) is 15.7. The molecule has 6 nitrogen and oxygen atoms in total. The van der Waals surface area contributed by atoms with Gasteiger partial charge in [0.25, 0.3) is 5.79 Å². The fourth-order valence-corrected chi connectivity index (χ4v) is 3.44. The van der Waals surface area contributed by atoms with Crippen LogP contribution < -0.4 is 19.5 Å². The molecule has 7 heteroatoms. The van der Waals surface area contributed by atoms with E-state index in [1.54, 1.807) is 31.3 Å². The normalized spacial score (nSPS) is 16.2. The fourth-order valence-electron chi connectivity index (χ4n) is 3.44. The number of anilines is 1. The van der Waals surface area contributed by atoms with Crippen LogP contribution >= 0.6 is 0 Å². The first kappa shape index (κ1) is 18.4. The van der Waals surface area contributed by atoms with Crippen molar-refractivity contribution in [1.29, 1.82) is 0 Å². The molecule has 1 saturated carbocycles. The van der Waals surface area contributed by atoms with Gasteiger partial charge in [-0.2, -0.15) is 0 Å². The van der Waals surface area contributed by atoms with E-state index in [2.05, 4.69) is 5.32 Å². The molecule has 1 aliphatic carbocycles. The summed E-state index contributed by atoms with van der Waals surface area (Å²) in [5.41, 5.74) is 0.647. The largest absolute Gasteiger partial charge is 0.492 e. The molecule has 1 fully saturated rings. The number of carbonyl (C=O) groups is 1. The van der Waals surface area contributed by atoms with Gasteiger partial charge in [-0.25, -0.2) is 9.18 Å². The topological polar surface area (TPSA) is 60.0 Å². The van der Waals surface area contributed by atoms with E-state index in [1.807, 2.05) is 6.07 Å². The van der Waals surface area contributed by atoms with Crippen molar-refractivity contribution in [2.24, 2.45) is 0 Å². The predicted molar refractivity (Wildman–Crippen MR) is 102 cm³/mol. The molecule has 0 saturated heterocycles. The number of fused-ring (bicyclic) bond motifs is 1. The molecule has 2 aromatic carbocycles. The molecule has 1 N–H and O–H groups in total. The number of amides is 2. The molecule has 1 spiro atoms. The Morgan fingerprint density at radius 3 is 2.61 bits per heavy atom. The van der Waals surface area contributed by atoms with E-state index in [1.165, 1.54) is 17.0 Å². The standard InChI is InChI=1S/C21H23FN2O4/c1-24(12-13-26-17-7-4-15(22)5-8-17)20(25)23-16-6-9-18-19(14-16)28-21(27-18)10-2-3-11-21/h4-9,14H,2-3,10-13H2,1H3,(H,23,25). The third kappa shape index (κ3) is 3.98. The second-order valence-electron chi connectivity index (χ2n) is 7.14. The van der Waals surface area contributed by atoms with Crippen LogP contribution in [0, 0.1) is 5.82 Å². The van der Waals surface area contributed by atoms with Crippen LogP contribution in [0.15, 0.2) is 42.5 Å². The Labute approximate surface area is 163 Å². The van der Waals surface area contributed by atoms with E-state index in [0.29, 0.717) is 30.3 Å². The van der Waals surface area contributed by atoms with Gasteiger partial charge in [0.15, 0.2) is 11.5 Å². The summed E-state index contributed by atoms with van der Waals surface area (Å²) in [5.74, 6) is 1.13. The summed E-state index contributed by atoms with van der Waals surface area (Å²) in [5, 5.41) is 2.85. The number of rotatable bonds is 5. The van der Waals surface area contributed by atoms with Crippen LogP contribution in [0.1, 0.15) is 25.7 Å². The summed E-state index contributed by atoms with van der Waals surface area (Å²) in [6.07, 6.45) is 3.98. The number of likely N-dealkylation sites (N-methyl/N-ethyl adjacent to an activating group) is 1. The third-order valence-corrected chi connectivity index (χ3v) is 5.01. The highest BCUT2D eigenvalue weighted by Crippen LogP contribution is 2.47.